The summed E-state index contributed by atoms with van der Waals surface area (Å²) in [5.74, 6) is -1.06. The van der Waals surface area contributed by atoms with Crippen molar-refractivity contribution >= 4 is 23.9 Å². The van der Waals surface area contributed by atoms with E-state index in [1.165, 1.54) is 0 Å². The fraction of sp³-hybridized carbons (Fsp3) is 0.733. The molecule has 2 fully saturated rings. The van der Waals surface area contributed by atoms with E-state index in [4.69, 9.17) is 0 Å². The van der Waals surface area contributed by atoms with E-state index in [1.54, 1.807) is 20.8 Å². The Bertz CT molecular complexity index is 532. The van der Waals surface area contributed by atoms with Crippen LogP contribution in [0.2, 0.25) is 0 Å². The van der Waals surface area contributed by atoms with Crippen LogP contribution < -0.4 is 16.0 Å². The molecule has 0 aromatic heterocycles. The number of carbonyl (C=O) groups is 4. The summed E-state index contributed by atoms with van der Waals surface area (Å²) in [6.07, 6.45) is 3.98. The molecule has 3 N–H and O–H groups in total. The summed E-state index contributed by atoms with van der Waals surface area (Å²) in [7, 11) is 0. The molecule has 0 bridgehead atoms. The lowest BCUT2D eigenvalue weighted by Gasteiger charge is -2.30. The molecule has 1 heterocycles. The van der Waals surface area contributed by atoms with Gasteiger partial charge in [-0.15, -0.1) is 0 Å². The lowest BCUT2D eigenvalue weighted by atomic mass is 9.82. The highest BCUT2D eigenvalue weighted by Gasteiger charge is 2.51. The summed E-state index contributed by atoms with van der Waals surface area (Å²) in [6, 6.07) is -1.22. The second-order valence-electron chi connectivity index (χ2n) is 7.22. The van der Waals surface area contributed by atoms with E-state index >= 15 is 0 Å². The second kappa shape index (κ2) is 6.17. The first-order valence-corrected chi connectivity index (χ1v) is 7.89. The zero-order valence-electron chi connectivity index (χ0n) is 13.8. The predicted octanol–water partition coefficient (Wildman–Crippen LogP) is 0.865. The van der Waals surface area contributed by atoms with Crippen molar-refractivity contribution in [1.82, 2.24) is 20.9 Å². The van der Waals surface area contributed by atoms with Crippen LogP contribution in [0.1, 0.15) is 52.9 Å². The normalized spacial score (nSPS) is 20.4. The highest BCUT2D eigenvalue weighted by Crippen LogP contribution is 2.33. The molecule has 2 aliphatic rings. The van der Waals surface area contributed by atoms with Crippen LogP contribution in [0, 0.1) is 0 Å². The lowest BCUT2D eigenvalue weighted by molar-refractivity contribution is -0.135. The Hall–Kier alpha value is -2.12. The molecule has 0 radical (unpaired) electrons. The van der Waals surface area contributed by atoms with Crippen LogP contribution in [-0.4, -0.2) is 46.4 Å². The van der Waals surface area contributed by atoms with Gasteiger partial charge in [0.1, 0.15) is 12.1 Å². The number of urea groups is 2. The molecule has 8 heteroatoms. The smallest absolute Gasteiger partial charge is 0.325 e. The van der Waals surface area contributed by atoms with Crippen LogP contribution in [0.3, 0.4) is 0 Å². The van der Waals surface area contributed by atoms with Crippen molar-refractivity contribution in [3.8, 4) is 0 Å². The monoisotopic (exact) mass is 324 g/mol. The second-order valence-corrected chi connectivity index (χ2v) is 7.22. The topological polar surface area (TPSA) is 108 Å². The van der Waals surface area contributed by atoms with Gasteiger partial charge < -0.3 is 10.6 Å². The Morgan fingerprint density at radius 2 is 1.78 bits per heavy atom. The number of rotatable bonds is 2. The first-order chi connectivity index (χ1) is 10.6. The number of imide groups is 2. The molecule has 1 aliphatic heterocycles. The maximum absolute atomic E-state index is 12.5. The fourth-order valence-electron chi connectivity index (χ4n) is 3.00. The van der Waals surface area contributed by atoms with Crippen molar-refractivity contribution in [2.75, 3.05) is 6.54 Å². The molecule has 1 aliphatic carbocycles. The third kappa shape index (κ3) is 4.00. The standard InChI is InChI=1S/C15H24N4O4/c1-14(2,3)17-12(22)16-10(20)9-19-11(21)15(18-13(19)23)7-5-4-6-8-15/h4-9H2,1-3H3,(H,18,23)(H2,16,17,20,22). The maximum atomic E-state index is 12.5. The maximum Gasteiger partial charge on any atom is 0.325 e. The van der Waals surface area contributed by atoms with Gasteiger partial charge in [-0.1, -0.05) is 19.3 Å². The Kier molecular flexibility index (Phi) is 4.63. The summed E-state index contributed by atoms with van der Waals surface area (Å²) < 4.78 is 0. The third-order valence-corrected chi connectivity index (χ3v) is 4.00. The molecule has 128 valence electrons. The van der Waals surface area contributed by atoms with Crippen LogP contribution in [0.5, 0.6) is 0 Å². The number of hydrogen-bond acceptors (Lipinski definition) is 4. The Morgan fingerprint density at radius 1 is 1.17 bits per heavy atom. The fourth-order valence-corrected chi connectivity index (χ4v) is 3.00. The van der Waals surface area contributed by atoms with Crippen LogP contribution in [0.25, 0.3) is 0 Å². The minimum Gasteiger partial charge on any atom is -0.333 e. The van der Waals surface area contributed by atoms with Crippen molar-refractivity contribution < 1.29 is 19.2 Å². The highest BCUT2D eigenvalue weighted by atomic mass is 16.2. The molecule has 1 saturated heterocycles. The molecule has 0 unspecified atom stereocenters. The lowest BCUT2D eigenvalue weighted by Crippen LogP contribution is -2.51. The van der Waals surface area contributed by atoms with E-state index in [0.29, 0.717) is 12.8 Å². The average molecular weight is 324 g/mol. The van der Waals surface area contributed by atoms with Gasteiger partial charge in [-0.05, 0) is 33.6 Å². The summed E-state index contributed by atoms with van der Waals surface area (Å²) in [6.45, 7) is 4.88. The molecule has 1 spiro atoms. The number of amides is 6. The molecular formula is C15H24N4O4. The summed E-state index contributed by atoms with van der Waals surface area (Å²) in [4.78, 5) is 49.0. The predicted molar refractivity (Wildman–Crippen MR) is 82.5 cm³/mol. The van der Waals surface area contributed by atoms with E-state index < -0.39 is 35.6 Å². The van der Waals surface area contributed by atoms with Gasteiger partial charge >= 0.3 is 12.1 Å². The molecule has 2 rings (SSSR count). The highest BCUT2D eigenvalue weighted by molar-refractivity contribution is 6.10. The van der Waals surface area contributed by atoms with Gasteiger partial charge in [0.15, 0.2) is 0 Å². The molecule has 6 amide bonds. The van der Waals surface area contributed by atoms with Crippen LogP contribution in [0.15, 0.2) is 0 Å². The number of hydrogen-bond donors (Lipinski definition) is 3. The van der Waals surface area contributed by atoms with E-state index in [9.17, 15) is 19.2 Å². The molecule has 0 atom stereocenters. The van der Waals surface area contributed by atoms with Crippen molar-refractivity contribution in [3.63, 3.8) is 0 Å². The molecule has 1 saturated carbocycles. The van der Waals surface area contributed by atoms with Gasteiger partial charge in [0, 0.05) is 5.54 Å². The van der Waals surface area contributed by atoms with Gasteiger partial charge in [0.25, 0.3) is 5.91 Å². The molecule has 23 heavy (non-hydrogen) atoms. The Morgan fingerprint density at radius 3 is 2.35 bits per heavy atom. The van der Waals surface area contributed by atoms with Crippen molar-refractivity contribution in [1.29, 1.82) is 0 Å². The summed E-state index contributed by atoms with van der Waals surface area (Å²) in [5, 5.41) is 7.44. The van der Waals surface area contributed by atoms with Crippen LogP contribution in [0.4, 0.5) is 9.59 Å². The minimum absolute atomic E-state index is 0.367. The largest absolute Gasteiger partial charge is 0.333 e. The summed E-state index contributed by atoms with van der Waals surface area (Å²) >= 11 is 0. The van der Waals surface area contributed by atoms with E-state index in [2.05, 4.69) is 16.0 Å². The first kappa shape index (κ1) is 17.2. The van der Waals surface area contributed by atoms with Crippen LogP contribution in [-0.2, 0) is 9.59 Å². The quantitative estimate of drug-likeness (QED) is 0.655. The van der Waals surface area contributed by atoms with Gasteiger partial charge in [0.05, 0.1) is 0 Å². The van der Waals surface area contributed by atoms with Crippen molar-refractivity contribution in [3.05, 3.63) is 0 Å². The van der Waals surface area contributed by atoms with Crippen LogP contribution >= 0.6 is 0 Å². The van der Waals surface area contributed by atoms with E-state index in [1.807, 2.05) is 0 Å². The third-order valence-electron chi connectivity index (χ3n) is 4.00. The number of nitrogens with one attached hydrogen (secondary N) is 3. The Balaban J connectivity index is 1.94. The van der Waals surface area contributed by atoms with Gasteiger partial charge in [-0.25, -0.2) is 9.59 Å². The molecule has 8 nitrogen and oxygen atoms in total. The average Bonchev–Trinajstić information content (AvgIpc) is 2.62. The van der Waals surface area contributed by atoms with Crippen molar-refractivity contribution in [2.24, 2.45) is 0 Å². The summed E-state index contributed by atoms with van der Waals surface area (Å²) in [5.41, 5.74) is -1.35. The first-order valence-electron chi connectivity index (χ1n) is 7.89. The zero-order valence-corrected chi connectivity index (χ0v) is 13.8. The molecule has 0 aromatic rings. The van der Waals surface area contributed by atoms with E-state index in [-0.39, 0.29) is 5.91 Å². The van der Waals surface area contributed by atoms with E-state index in [0.717, 1.165) is 24.2 Å². The van der Waals surface area contributed by atoms with Gasteiger partial charge in [-0.3, -0.25) is 19.8 Å². The SMILES string of the molecule is CC(C)(C)NC(=O)NC(=O)CN1C(=O)NC2(CCCCC2)C1=O. The van der Waals surface area contributed by atoms with Gasteiger partial charge in [-0.2, -0.15) is 0 Å². The van der Waals surface area contributed by atoms with Gasteiger partial charge in [0.2, 0.25) is 5.91 Å². The minimum atomic E-state index is -0.858. The Labute approximate surface area is 135 Å². The molecular weight excluding hydrogens is 300 g/mol. The molecule has 0 aromatic carbocycles. The number of carbonyl (C=O) groups excluding carboxylic acids is 4. The zero-order chi connectivity index (χ0) is 17.3. The van der Waals surface area contributed by atoms with Crippen molar-refractivity contribution in [2.45, 2.75) is 64.0 Å². The number of nitrogens with zero attached hydrogens (tertiary/aromatic N) is 1.